The van der Waals surface area contributed by atoms with Gasteiger partial charge in [0, 0.05) is 12.6 Å². The van der Waals surface area contributed by atoms with Gasteiger partial charge in [-0.2, -0.15) is 13.2 Å². The van der Waals surface area contributed by atoms with Crippen molar-refractivity contribution in [1.29, 1.82) is 0 Å². The molecule has 5 heteroatoms. The maximum absolute atomic E-state index is 13.2. The summed E-state index contributed by atoms with van der Waals surface area (Å²) in [6.07, 6.45) is -1.65. The summed E-state index contributed by atoms with van der Waals surface area (Å²) >= 11 is 0. The Morgan fingerprint density at radius 3 is 2.37 bits per heavy atom. The van der Waals surface area contributed by atoms with Gasteiger partial charge in [-0.3, -0.25) is 0 Å². The summed E-state index contributed by atoms with van der Waals surface area (Å²) in [5, 5.41) is 3.16. The van der Waals surface area contributed by atoms with Crippen molar-refractivity contribution in [1.82, 2.24) is 5.32 Å². The number of hydrogen-bond acceptors (Lipinski definition) is 1. The van der Waals surface area contributed by atoms with E-state index in [1.807, 2.05) is 13.8 Å². The average molecular weight is 277 g/mol. The first-order valence-electron chi connectivity index (χ1n) is 6.46. The molecule has 1 aromatic rings. The van der Waals surface area contributed by atoms with E-state index in [0.717, 1.165) is 31.4 Å². The highest BCUT2D eigenvalue weighted by Crippen LogP contribution is 2.30. The second-order valence-electron chi connectivity index (χ2n) is 4.62. The minimum Gasteiger partial charge on any atom is -0.310 e. The van der Waals surface area contributed by atoms with Crippen LogP contribution in [-0.2, 0) is 12.7 Å². The Labute approximate surface area is 111 Å². The monoisotopic (exact) mass is 277 g/mol. The SMILES string of the molecule is CCCC(CC)NCc1cc(F)cc(C(F)(F)F)c1. The maximum Gasteiger partial charge on any atom is 0.416 e. The Balaban J connectivity index is 2.76. The van der Waals surface area contributed by atoms with E-state index in [1.165, 1.54) is 0 Å². The molecule has 0 aliphatic carbocycles. The number of hydrogen-bond donors (Lipinski definition) is 1. The van der Waals surface area contributed by atoms with E-state index in [0.29, 0.717) is 11.6 Å². The first-order valence-corrected chi connectivity index (χ1v) is 6.46. The van der Waals surface area contributed by atoms with Gasteiger partial charge in [-0.05, 0) is 36.6 Å². The molecule has 1 rings (SSSR count). The van der Waals surface area contributed by atoms with Crippen LogP contribution in [0.15, 0.2) is 18.2 Å². The molecule has 0 amide bonds. The third-order valence-corrected chi connectivity index (χ3v) is 3.01. The lowest BCUT2D eigenvalue weighted by atomic mass is 10.1. The molecule has 1 aromatic carbocycles. The Bertz CT molecular complexity index is 401. The zero-order valence-electron chi connectivity index (χ0n) is 11.1. The normalized spacial score (nSPS) is 13.6. The van der Waals surface area contributed by atoms with Gasteiger partial charge in [0.2, 0.25) is 0 Å². The number of rotatable bonds is 6. The Kier molecular flexibility index (Phi) is 5.79. The van der Waals surface area contributed by atoms with Crippen molar-refractivity contribution in [3.05, 3.63) is 35.1 Å². The standard InChI is InChI=1S/C14H19F4N/c1-3-5-13(4-2)19-9-10-6-11(14(16,17)18)8-12(15)7-10/h6-8,13,19H,3-5,9H2,1-2H3. The van der Waals surface area contributed by atoms with Crippen molar-refractivity contribution in [3.8, 4) is 0 Å². The molecule has 1 N–H and O–H groups in total. The molecule has 0 spiro atoms. The molecule has 0 saturated carbocycles. The minimum atomic E-state index is -4.51. The van der Waals surface area contributed by atoms with Crippen LogP contribution in [0.3, 0.4) is 0 Å². The molecule has 0 radical (unpaired) electrons. The van der Waals surface area contributed by atoms with Gasteiger partial charge in [-0.15, -0.1) is 0 Å². The molecule has 0 fully saturated rings. The third-order valence-electron chi connectivity index (χ3n) is 3.01. The molecule has 1 atom stereocenters. The zero-order valence-corrected chi connectivity index (χ0v) is 11.1. The maximum atomic E-state index is 13.2. The van der Waals surface area contributed by atoms with E-state index in [9.17, 15) is 17.6 Å². The van der Waals surface area contributed by atoms with Crippen LogP contribution >= 0.6 is 0 Å². The minimum absolute atomic E-state index is 0.249. The van der Waals surface area contributed by atoms with Crippen LogP contribution in [0.1, 0.15) is 44.2 Å². The van der Waals surface area contributed by atoms with Gasteiger partial charge in [-0.1, -0.05) is 20.3 Å². The van der Waals surface area contributed by atoms with Crippen LogP contribution in [0.5, 0.6) is 0 Å². The third kappa shape index (κ3) is 5.19. The molecule has 0 aliphatic heterocycles. The molecule has 0 aromatic heterocycles. The van der Waals surface area contributed by atoms with Crippen molar-refractivity contribution in [2.24, 2.45) is 0 Å². The van der Waals surface area contributed by atoms with Gasteiger partial charge < -0.3 is 5.32 Å². The molecule has 0 saturated heterocycles. The molecule has 108 valence electrons. The van der Waals surface area contributed by atoms with E-state index in [2.05, 4.69) is 5.32 Å². The fourth-order valence-electron chi connectivity index (χ4n) is 1.98. The summed E-state index contributed by atoms with van der Waals surface area (Å²) in [6.45, 7) is 4.31. The van der Waals surface area contributed by atoms with Crippen LogP contribution < -0.4 is 5.32 Å². The summed E-state index contributed by atoms with van der Waals surface area (Å²) in [6, 6.07) is 2.91. The molecule has 0 heterocycles. The number of halogens is 4. The van der Waals surface area contributed by atoms with Crippen LogP contribution in [0.2, 0.25) is 0 Å². The topological polar surface area (TPSA) is 12.0 Å². The second kappa shape index (κ2) is 6.89. The van der Waals surface area contributed by atoms with E-state index in [-0.39, 0.29) is 12.6 Å². The number of alkyl halides is 3. The molecule has 1 unspecified atom stereocenters. The van der Waals surface area contributed by atoms with Gasteiger partial charge in [0.1, 0.15) is 5.82 Å². The fraction of sp³-hybridized carbons (Fsp3) is 0.571. The fourth-order valence-corrected chi connectivity index (χ4v) is 1.98. The second-order valence-corrected chi connectivity index (χ2v) is 4.62. The summed E-state index contributed by atoms with van der Waals surface area (Å²) in [7, 11) is 0. The summed E-state index contributed by atoms with van der Waals surface area (Å²) in [5.74, 6) is -0.852. The Morgan fingerprint density at radius 2 is 1.84 bits per heavy atom. The molecule has 19 heavy (non-hydrogen) atoms. The smallest absolute Gasteiger partial charge is 0.310 e. The van der Waals surface area contributed by atoms with Gasteiger partial charge in [-0.25, -0.2) is 4.39 Å². The first kappa shape index (κ1) is 16.0. The average Bonchev–Trinajstić information content (AvgIpc) is 2.32. The molecular weight excluding hydrogens is 258 g/mol. The van der Waals surface area contributed by atoms with Crippen LogP contribution in [0.4, 0.5) is 17.6 Å². The molecule has 0 aliphatic rings. The van der Waals surface area contributed by atoms with Gasteiger partial charge >= 0.3 is 6.18 Å². The molecule has 0 bridgehead atoms. The van der Waals surface area contributed by atoms with E-state index in [1.54, 1.807) is 0 Å². The van der Waals surface area contributed by atoms with Crippen LogP contribution in [0.25, 0.3) is 0 Å². The Morgan fingerprint density at radius 1 is 1.16 bits per heavy atom. The van der Waals surface area contributed by atoms with E-state index < -0.39 is 17.6 Å². The number of benzene rings is 1. The summed E-state index contributed by atoms with van der Waals surface area (Å²) in [4.78, 5) is 0. The predicted molar refractivity (Wildman–Crippen MR) is 67.2 cm³/mol. The Hall–Kier alpha value is -1.10. The molecular formula is C14H19F4N. The van der Waals surface area contributed by atoms with Crippen molar-refractivity contribution >= 4 is 0 Å². The lowest BCUT2D eigenvalue weighted by molar-refractivity contribution is -0.137. The molecule has 1 nitrogen and oxygen atoms in total. The van der Waals surface area contributed by atoms with Crippen LogP contribution in [-0.4, -0.2) is 6.04 Å². The van der Waals surface area contributed by atoms with Crippen LogP contribution in [0, 0.1) is 5.82 Å². The lowest BCUT2D eigenvalue weighted by Crippen LogP contribution is -2.27. The van der Waals surface area contributed by atoms with Crippen molar-refractivity contribution in [2.45, 2.75) is 51.9 Å². The lowest BCUT2D eigenvalue weighted by Gasteiger charge is -2.16. The van der Waals surface area contributed by atoms with Gasteiger partial charge in [0.05, 0.1) is 5.56 Å². The summed E-state index contributed by atoms with van der Waals surface area (Å²) in [5.41, 5.74) is -0.616. The van der Waals surface area contributed by atoms with Crippen molar-refractivity contribution in [3.63, 3.8) is 0 Å². The highest BCUT2D eigenvalue weighted by atomic mass is 19.4. The van der Waals surface area contributed by atoms with E-state index in [4.69, 9.17) is 0 Å². The predicted octanol–water partition coefficient (Wildman–Crippen LogP) is 4.51. The summed E-state index contributed by atoms with van der Waals surface area (Å²) < 4.78 is 50.8. The van der Waals surface area contributed by atoms with Gasteiger partial charge in [0.15, 0.2) is 0 Å². The zero-order chi connectivity index (χ0) is 14.5. The van der Waals surface area contributed by atoms with Crippen molar-refractivity contribution in [2.75, 3.05) is 0 Å². The first-order chi connectivity index (χ1) is 8.86. The number of nitrogens with one attached hydrogen (secondary N) is 1. The van der Waals surface area contributed by atoms with Crippen molar-refractivity contribution < 1.29 is 17.6 Å². The highest BCUT2D eigenvalue weighted by molar-refractivity contribution is 5.26. The van der Waals surface area contributed by atoms with Gasteiger partial charge in [0.25, 0.3) is 0 Å². The highest BCUT2D eigenvalue weighted by Gasteiger charge is 2.31. The largest absolute Gasteiger partial charge is 0.416 e. The quantitative estimate of drug-likeness (QED) is 0.754. The van der Waals surface area contributed by atoms with E-state index >= 15 is 0 Å².